The number of ether oxygens (including phenoxy) is 1. The van der Waals surface area contributed by atoms with Gasteiger partial charge in [0.1, 0.15) is 17.1 Å². The largest absolute Gasteiger partial charge is 0.469 e. The van der Waals surface area contributed by atoms with Gasteiger partial charge >= 0.3 is 5.97 Å². The lowest BCUT2D eigenvalue weighted by molar-refractivity contribution is -0.146. The van der Waals surface area contributed by atoms with E-state index in [9.17, 15) is 14.4 Å². The number of aryl methyl sites for hydroxylation is 1. The summed E-state index contributed by atoms with van der Waals surface area (Å²) in [6, 6.07) is 11.7. The number of rotatable bonds is 7. The number of thiophene rings is 1. The Kier molecular flexibility index (Phi) is 7.36. The molecule has 7 nitrogen and oxygen atoms in total. The Morgan fingerprint density at radius 2 is 1.91 bits per heavy atom. The fourth-order valence-electron chi connectivity index (χ4n) is 4.74. The minimum absolute atomic E-state index is 0.00456. The van der Waals surface area contributed by atoms with E-state index in [4.69, 9.17) is 4.74 Å². The van der Waals surface area contributed by atoms with Gasteiger partial charge in [0.15, 0.2) is 0 Å². The molecule has 2 aromatic heterocycles. The molecule has 1 aliphatic rings. The van der Waals surface area contributed by atoms with Gasteiger partial charge < -0.3 is 19.5 Å². The average molecular weight is 482 g/mol. The molecule has 8 heteroatoms. The van der Waals surface area contributed by atoms with Crippen LogP contribution in [0.15, 0.2) is 41.8 Å². The molecule has 0 aliphatic heterocycles. The first-order valence-corrected chi connectivity index (χ1v) is 12.6. The van der Waals surface area contributed by atoms with E-state index in [1.54, 1.807) is 4.90 Å². The Hall–Kier alpha value is -3.13. The van der Waals surface area contributed by atoms with Crippen LogP contribution in [-0.2, 0) is 20.9 Å². The molecule has 4 rings (SSSR count). The highest BCUT2D eigenvalue weighted by Crippen LogP contribution is 2.28. The van der Waals surface area contributed by atoms with E-state index in [1.165, 1.54) is 18.4 Å². The van der Waals surface area contributed by atoms with Crippen molar-refractivity contribution in [1.29, 1.82) is 0 Å². The van der Waals surface area contributed by atoms with Crippen molar-refractivity contribution >= 4 is 45.0 Å². The number of methoxy groups -OCH3 is 1. The minimum Gasteiger partial charge on any atom is -0.469 e. The molecule has 1 N–H and O–H groups in total. The molecule has 0 spiro atoms. The SMILES string of the molecule is CCN(C(=O)Cn1c(C(=O)NC2CCC(C(=O)OC)CC2)cc2ccsc21)c1cccc(C)c1. The fourth-order valence-corrected chi connectivity index (χ4v) is 5.64. The van der Waals surface area contributed by atoms with Crippen LogP contribution in [0.25, 0.3) is 10.2 Å². The molecular weight excluding hydrogens is 450 g/mol. The average Bonchev–Trinajstić information content (AvgIpc) is 3.42. The van der Waals surface area contributed by atoms with Gasteiger partial charge in [0.05, 0.1) is 13.0 Å². The number of amides is 2. The molecule has 1 fully saturated rings. The van der Waals surface area contributed by atoms with Gasteiger partial charge in [0.25, 0.3) is 5.91 Å². The van der Waals surface area contributed by atoms with Crippen LogP contribution in [0.4, 0.5) is 5.69 Å². The predicted octanol–water partition coefficient (Wildman–Crippen LogP) is 4.53. The quantitative estimate of drug-likeness (QED) is 0.503. The third kappa shape index (κ3) is 5.01. The number of benzene rings is 1. The Labute approximate surface area is 203 Å². The van der Waals surface area contributed by atoms with Gasteiger partial charge in [-0.2, -0.15) is 0 Å². The Bertz CT molecular complexity index is 1190. The second kappa shape index (κ2) is 10.4. The lowest BCUT2D eigenvalue weighted by Gasteiger charge is -2.27. The maximum absolute atomic E-state index is 13.3. The number of carbonyl (C=O) groups is 3. The van der Waals surface area contributed by atoms with Crippen LogP contribution in [-0.4, -0.2) is 42.0 Å². The van der Waals surface area contributed by atoms with E-state index in [-0.39, 0.29) is 36.3 Å². The molecule has 0 saturated heterocycles. The number of nitrogens with one attached hydrogen (secondary N) is 1. The van der Waals surface area contributed by atoms with Crippen molar-refractivity contribution in [2.45, 2.75) is 52.1 Å². The zero-order valence-electron chi connectivity index (χ0n) is 19.9. The molecule has 2 heterocycles. The molecule has 0 unspecified atom stereocenters. The third-order valence-corrected chi connectivity index (χ3v) is 7.51. The Morgan fingerprint density at radius 3 is 2.59 bits per heavy atom. The van der Waals surface area contributed by atoms with E-state index in [0.29, 0.717) is 25.1 Å². The maximum atomic E-state index is 13.3. The number of hydrogen-bond acceptors (Lipinski definition) is 5. The molecule has 0 radical (unpaired) electrons. The maximum Gasteiger partial charge on any atom is 0.308 e. The van der Waals surface area contributed by atoms with Crippen molar-refractivity contribution in [3.05, 3.63) is 53.0 Å². The van der Waals surface area contributed by atoms with Crippen LogP contribution in [0.2, 0.25) is 0 Å². The monoisotopic (exact) mass is 481 g/mol. The molecule has 1 aliphatic carbocycles. The first-order chi connectivity index (χ1) is 16.4. The number of fused-ring (bicyclic) bond motifs is 1. The number of aromatic nitrogens is 1. The van der Waals surface area contributed by atoms with Crippen molar-refractivity contribution in [3.8, 4) is 0 Å². The van der Waals surface area contributed by atoms with Crippen molar-refractivity contribution in [2.24, 2.45) is 5.92 Å². The number of carbonyl (C=O) groups excluding carboxylic acids is 3. The molecule has 2 amide bonds. The number of nitrogens with zero attached hydrogens (tertiary/aromatic N) is 2. The summed E-state index contributed by atoms with van der Waals surface area (Å²) in [5, 5.41) is 6.05. The van der Waals surface area contributed by atoms with Crippen LogP contribution in [0.1, 0.15) is 48.7 Å². The van der Waals surface area contributed by atoms with Gasteiger partial charge in [-0.1, -0.05) is 12.1 Å². The second-order valence-corrected chi connectivity index (χ2v) is 9.71. The summed E-state index contributed by atoms with van der Waals surface area (Å²) < 4.78 is 6.68. The Balaban J connectivity index is 1.51. The molecule has 34 heavy (non-hydrogen) atoms. The van der Waals surface area contributed by atoms with Crippen LogP contribution >= 0.6 is 11.3 Å². The van der Waals surface area contributed by atoms with Gasteiger partial charge in [-0.05, 0) is 74.7 Å². The van der Waals surface area contributed by atoms with E-state index < -0.39 is 0 Å². The van der Waals surface area contributed by atoms with E-state index in [2.05, 4.69) is 5.32 Å². The lowest BCUT2D eigenvalue weighted by atomic mass is 9.86. The van der Waals surface area contributed by atoms with Crippen LogP contribution in [0.3, 0.4) is 0 Å². The molecule has 180 valence electrons. The smallest absolute Gasteiger partial charge is 0.308 e. The van der Waals surface area contributed by atoms with E-state index >= 15 is 0 Å². The number of likely N-dealkylation sites (N-methyl/N-ethyl adjacent to an activating group) is 1. The first-order valence-electron chi connectivity index (χ1n) is 11.7. The number of hydrogen-bond donors (Lipinski definition) is 1. The van der Waals surface area contributed by atoms with Crippen molar-refractivity contribution in [1.82, 2.24) is 9.88 Å². The predicted molar refractivity (Wildman–Crippen MR) is 134 cm³/mol. The summed E-state index contributed by atoms with van der Waals surface area (Å²) in [5.41, 5.74) is 2.44. The molecule has 0 bridgehead atoms. The molecule has 1 saturated carbocycles. The zero-order chi connectivity index (χ0) is 24.2. The van der Waals surface area contributed by atoms with Gasteiger partial charge in [0.2, 0.25) is 5.91 Å². The molecule has 3 aromatic rings. The van der Waals surface area contributed by atoms with Gasteiger partial charge in [-0.25, -0.2) is 0 Å². The number of anilines is 1. The van der Waals surface area contributed by atoms with Gasteiger partial charge in [-0.3, -0.25) is 14.4 Å². The van der Waals surface area contributed by atoms with Crippen LogP contribution in [0, 0.1) is 12.8 Å². The molecule has 1 aromatic carbocycles. The highest BCUT2D eigenvalue weighted by molar-refractivity contribution is 7.16. The van der Waals surface area contributed by atoms with Crippen molar-refractivity contribution in [2.75, 3.05) is 18.6 Å². The normalized spacial score (nSPS) is 18.0. The zero-order valence-corrected chi connectivity index (χ0v) is 20.7. The van der Waals surface area contributed by atoms with Gasteiger partial charge in [0, 0.05) is 23.7 Å². The van der Waals surface area contributed by atoms with Gasteiger partial charge in [-0.15, -0.1) is 11.3 Å². The summed E-state index contributed by atoms with van der Waals surface area (Å²) in [6.07, 6.45) is 2.87. The second-order valence-electron chi connectivity index (χ2n) is 8.82. The number of esters is 1. The standard InChI is InChI=1S/C26H31N3O4S/c1-4-28(21-7-5-6-17(2)14-21)23(30)16-29-22(15-19-12-13-34-25(19)29)24(31)27-20-10-8-18(9-11-20)26(32)33-3/h5-7,12-15,18,20H,4,8-11,16H2,1-3H3,(H,27,31). The Morgan fingerprint density at radius 1 is 1.15 bits per heavy atom. The van der Waals surface area contributed by atoms with Crippen molar-refractivity contribution in [3.63, 3.8) is 0 Å². The molecule has 0 atom stereocenters. The summed E-state index contributed by atoms with van der Waals surface area (Å²) in [5.74, 6) is -0.513. The first kappa shape index (κ1) is 24.0. The summed E-state index contributed by atoms with van der Waals surface area (Å²) in [6.45, 7) is 4.59. The summed E-state index contributed by atoms with van der Waals surface area (Å²) in [4.78, 5) is 41.1. The summed E-state index contributed by atoms with van der Waals surface area (Å²) in [7, 11) is 1.41. The highest BCUT2D eigenvalue weighted by atomic mass is 32.1. The van der Waals surface area contributed by atoms with Crippen LogP contribution in [0.5, 0.6) is 0 Å². The fraction of sp³-hybridized carbons (Fsp3) is 0.423. The van der Waals surface area contributed by atoms with E-state index in [0.717, 1.165) is 34.3 Å². The van der Waals surface area contributed by atoms with E-state index in [1.807, 2.05) is 60.2 Å². The topological polar surface area (TPSA) is 80.6 Å². The minimum atomic E-state index is -0.184. The third-order valence-electron chi connectivity index (χ3n) is 6.56. The lowest BCUT2D eigenvalue weighted by Crippen LogP contribution is -2.40. The van der Waals surface area contributed by atoms with Crippen LogP contribution < -0.4 is 10.2 Å². The highest BCUT2D eigenvalue weighted by Gasteiger charge is 2.29. The molecular formula is C26H31N3O4S. The van der Waals surface area contributed by atoms with Crippen molar-refractivity contribution < 1.29 is 19.1 Å². The summed E-state index contributed by atoms with van der Waals surface area (Å²) >= 11 is 1.52.